The van der Waals surface area contributed by atoms with Crippen LogP contribution in [0.25, 0.3) is 0 Å². The van der Waals surface area contributed by atoms with E-state index in [0.717, 1.165) is 13.2 Å². The van der Waals surface area contributed by atoms with Gasteiger partial charge in [-0.2, -0.15) is 0 Å². The van der Waals surface area contributed by atoms with Crippen LogP contribution in [-0.4, -0.2) is 49.2 Å². The summed E-state index contributed by atoms with van der Waals surface area (Å²) in [6, 6.07) is -0.517. The number of likely N-dealkylation sites (tertiary alicyclic amines) is 1. The highest BCUT2D eigenvalue weighted by molar-refractivity contribution is 5.94. The highest BCUT2D eigenvalue weighted by Gasteiger charge is 2.50. The number of fused-ring (bicyclic) bond motifs is 1. The molecule has 0 bridgehead atoms. The number of nitrogens with zero attached hydrogens (tertiary/aromatic N) is 1. The van der Waals surface area contributed by atoms with Gasteiger partial charge in [-0.25, -0.2) is 4.79 Å². The van der Waals surface area contributed by atoms with Crippen molar-refractivity contribution in [3.63, 3.8) is 0 Å². The molecule has 2 aliphatic rings. The second kappa shape index (κ2) is 4.27. The molecule has 3 N–H and O–H groups in total. The molecule has 3 amide bonds. The quantitative estimate of drug-likeness (QED) is 0.685. The van der Waals surface area contributed by atoms with E-state index in [2.05, 4.69) is 24.1 Å². The molecule has 0 aliphatic carbocycles. The molecule has 2 saturated heterocycles. The molecule has 2 atom stereocenters. The molecule has 2 heterocycles. The predicted octanol–water partition coefficient (Wildman–Crippen LogP) is -0.462. The number of ether oxygens (including phenoxy) is 1. The number of carbonyl (C=O) groups excluding carboxylic acids is 2. The maximum absolute atomic E-state index is 11.5. The highest BCUT2D eigenvalue weighted by atomic mass is 16.5. The van der Waals surface area contributed by atoms with E-state index in [0.29, 0.717) is 12.5 Å². The first-order valence-electron chi connectivity index (χ1n) is 5.81. The van der Waals surface area contributed by atoms with Gasteiger partial charge in [-0.1, -0.05) is 13.8 Å². The van der Waals surface area contributed by atoms with Gasteiger partial charge in [-0.3, -0.25) is 15.0 Å². The van der Waals surface area contributed by atoms with Crippen molar-refractivity contribution in [1.82, 2.24) is 10.2 Å². The molecule has 2 fully saturated rings. The Balaban J connectivity index is 1.98. The van der Waals surface area contributed by atoms with E-state index < -0.39 is 6.03 Å². The van der Waals surface area contributed by atoms with Gasteiger partial charge in [0.2, 0.25) is 5.91 Å². The smallest absolute Gasteiger partial charge is 0.318 e. The molecule has 0 unspecified atom stereocenters. The van der Waals surface area contributed by atoms with Gasteiger partial charge in [-0.05, 0) is 5.41 Å². The first kappa shape index (κ1) is 12.3. The summed E-state index contributed by atoms with van der Waals surface area (Å²) < 4.78 is 5.48. The standard InChI is InChI=1S/C11H19N3O3/c1-11(2)6-14(3-9(15)13-10(12)16)8-5-17-4-7(8)11/h7-8H,3-6H2,1-2H3,(H3,12,13,15,16)/t7-,8+/m0/s1. The fraction of sp³-hybridized carbons (Fsp3) is 0.818. The Labute approximate surface area is 100 Å². The number of amides is 3. The van der Waals surface area contributed by atoms with E-state index in [4.69, 9.17) is 10.5 Å². The zero-order valence-electron chi connectivity index (χ0n) is 10.2. The number of hydrogen-bond acceptors (Lipinski definition) is 4. The molecule has 17 heavy (non-hydrogen) atoms. The summed E-state index contributed by atoms with van der Waals surface area (Å²) >= 11 is 0. The Hall–Kier alpha value is -1.14. The van der Waals surface area contributed by atoms with Crippen LogP contribution in [0.15, 0.2) is 0 Å². The van der Waals surface area contributed by atoms with Crippen LogP contribution in [0, 0.1) is 11.3 Å². The topological polar surface area (TPSA) is 84.7 Å². The van der Waals surface area contributed by atoms with Gasteiger partial charge < -0.3 is 10.5 Å². The number of nitrogens with one attached hydrogen (secondary N) is 1. The maximum Gasteiger partial charge on any atom is 0.318 e. The van der Waals surface area contributed by atoms with Crippen molar-refractivity contribution in [1.29, 1.82) is 0 Å². The van der Waals surface area contributed by atoms with Crippen molar-refractivity contribution in [3.05, 3.63) is 0 Å². The van der Waals surface area contributed by atoms with Crippen molar-refractivity contribution in [2.45, 2.75) is 19.9 Å². The van der Waals surface area contributed by atoms with Gasteiger partial charge in [0.25, 0.3) is 0 Å². The third kappa shape index (κ3) is 2.42. The summed E-state index contributed by atoms with van der Waals surface area (Å²) in [7, 11) is 0. The van der Waals surface area contributed by atoms with Crippen LogP contribution in [-0.2, 0) is 9.53 Å². The van der Waals surface area contributed by atoms with Crippen LogP contribution in [0.2, 0.25) is 0 Å². The molecule has 6 heteroatoms. The Bertz CT molecular complexity index is 343. The van der Waals surface area contributed by atoms with Crippen LogP contribution in [0.3, 0.4) is 0 Å². The summed E-state index contributed by atoms with van der Waals surface area (Å²) in [6.45, 7) is 6.84. The number of hydrogen-bond donors (Lipinski definition) is 2. The van der Waals surface area contributed by atoms with Crippen molar-refractivity contribution in [2.75, 3.05) is 26.3 Å². The van der Waals surface area contributed by atoms with E-state index in [1.54, 1.807) is 0 Å². The van der Waals surface area contributed by atoms with Crippen molar-refractivity contribution in [2.24, 2.45) is 17.1 Å². The van der Waals surface area contributed by atoms with Crippen molar-refractivity contribution in [3.8, 4) is 0 Å². The number of rotatable bonds is 2. The molecule has 0 saturated carbocycles. The lowest BCUT2D eigenvalue weighted by atomic mass is 9.80. The third-order valence-corrected chi connectivity index (χ3v) is 3.74. The molecular formula is C11H19N3O3. The summed E-state index contributed by atoms with van der Waals surface area (Å²) in [4.78, 5) is 24.2. The summed E-state index contributed by atoms with van der Waals surface area (Å²) in [5.41, 5.74) is 5.06. The first-order chi connectivity index (χ1) is 7.90. The summed E-state index contributed by atoms with van der Waals surface area (Å²) in [5.74, 6) is 0.115. The van der Waals surface area contributed by atoms with E-state index in [9.17, 15) is 9.59 Å². The van der Waals surface area contributed by atoms with Crippen molar-refractivity contribution >= 4 is 11.9 Å². The number of imide groups is 1. The fourth-order valence-corrected chi connectivity index (χ4v) is 2.94. The van der Waals surface area contributed by atoms with E-state index >= 15 is 0 Å². The van der Waals surface area contributed by atoms with Crippen LogP contribution in [0.5, 0.6) is 0 Å². The van der Waals surface area contributed by atoms with Gasteiger partial charge in [0.1, 0.15) is 0 Å². The molecule has 0 radical (unpaired) electrons. The second-order valence-corrected chi connectivity index (χ2v) is 5.52. The molecule has 0 aromatic heterocycles. The molecule has 0 aromatic rings. The zero-order valence-corrected chi connectivity index (χ0v) is 10.2. The van der Waals surface area contributed by atoms with Crippen LogP contribution in [0.1, 0.15) is 13.8 Å². The van der Waals surface area contributed by atoms with E-state index in [1.165, 1.54) is 0 Å². The molecule has 2 aliphatic heterocycles. The largest absolute Gasteiger partial charge is 0.379 e. The normalized spacial score (nSPS) is 31.2. The minimum atomic E-state index is -0.798. The Morgan fingerprint density at radius 2 is 2.18 bits per heavy atom. The minimum absolute atomic E-state index is 0.147. The number of urea groups is 1. The van der Waals surface area contributed by atoms with E-state index in [-0.39, 0.29) is 23.9 Å². The van der Waals surface area contributed by atoms with Gasteiger partial charge in [0, 0.05) is 18.5 Å². The fourth-order valence-electron chi connectivity index (χ4n) is 2.94. The summed E-state index contributed by atoms with van der Waals surface area (Å²) in [6.07, 6.45) is 0. The molecule has 0 spiro atoms. The van der Waals surface area contributed by atoms with Crippen LogP contribution in [0.4, 0.5) is 4.79 Å². The molecule has 0 aromatic carbocycles. The monoisotopic (exact) mass is 241 g/mol. The Kier molecular flexibility index (Phi) is 3.09. The second-order valence-electron chi connectivity index (χ2n) is 5.52. The maximum atomic E-state index is 11.5. The van der Waals surface area contributed by atoms with Gasteiger partial charge in [0.05, 0.1) is 19.8 Å². The van der Waals surface area contributed by atoms with E-state index in [1.807, 2.05) is 0 Å². The van der Waals surface area contributed by atoms with Crippen LogP contribution >= 0.6 is 0 Å². The molecular weight excluding hydrogens is 222 g/mol. The SMILES string of the molecule is CC1(C)CN(CC(=O)NC(N)=O)[C@@H]2COC[C@@H]21. The van der Waals surface area contributed by atoms with Crippen molar-refractivity contribution < 1.29 is 14.3 Å². The molecule has 6 nitrogen and oxygen atoms in total. The molecule has 2 rings (SSSR count). The average Bonchev–Trinajstić information content (AvgIpc) is 2.69. The average molecular weight is 241 g/mol. The minimum Gasteiger partial charge on any atom is -0.379 e. The lowest BCUT2D eigenvalue weighted by Gasteiger charge is -2.23. The Morgan fingerprint density at radius 1 is 1.47 bits per heavy atom. The number of primary amides is 1. The number of nitrogens with two attached hydrogens (primary N) is 1. The lowest BCUT2D eigenvalue weighted by Crippen LogP contribution is -2.44. The highest BCUT2D eigenvalue weighted by Crippen LogP contribution is 2.42. The number of carbonyl (C=O) groups is 2. The van der Waals surface area contributed by atoms with Gasteiger partial charge >= 0.3 is 6.03 Å². The van der Waals surface area contributed by atoms with Gasteiger partial charge in [-0.15, -0.1) is 0 Å². The first-order valence-corrected chi connectivity index (χ1v) is 5.81. The summed E-state index contributed by atoms with van der Waals surface area (Å²) in [5, 5.41) is 2.09. The zero-order chi connectivity index (χ0) is 12.6. The van der Waals surface area contributed by atoms with Gasteiger partial charge in [0.15, 0.2) is 0 Å². The molecule has 96 valence electrons. The lowest BCUT2D eigenvalue weighted by molar-refractivity contribution is -0.121. The third-order valence-electron chi connectivity index (χ3n) is 3.74. The predicted molar refractivity (Wildman–Crippen MR) is 61.2 cm³/mol. The Morgan fingerprint density at radius 3 is 2.82 bits per heavy atom. The van der Waals surface area contributed by atoms with Crippen LogP contribution < -0.4 is 11.1 Å².